The van der Waals surface area contributed by atoms with Gasteiger partial charge in [0.15, 0.2) is 0 Å². The third-order valence-corrected chi connectivity index (χ3v) is 2.19. The lowest BCUT2D eigenvalue weighted by atomic mass is 9.87. The molecule has 0 saturated heterocycles. The zero-order valence-corrected chi connectivity index (χ0v) is 11.2. The van der Waals surface area contributed by atoms with E-state index in [2.05, 4.69) is 70.5 Å². The molecule has 0 N–H and O–H groups in total. The van der Waals surface area contributed by atoms with Crippen molar-refractivity contribution in [3.8, 4) is 11.8 Å². The van der Waals surface area contributed by atoms with Crippen LogP contribution in [-0.2, 0) is 5.41 Å². The first-order chi connectivity index (χ1) is 7.18. The van der Waals surface area contributed by atoms with Crippen LogP contribution in [0.4, 0.5) is 0 Å². The third kappa shape index (κ3) is 4.06. The fraction of sp³-hybridized carbons (Fsp3) is 0.533. The maximum atomic E-state index is 4.28. The van der Waals surface area contributed by atoms with Gasteiger partial charge in [-0.15, -0.1) is 0 Å². The third-order valence-electron chi connectivity index (χ3n) is 2.19. The molecule has 1 heteroatoms. The van der Waals surface area contributed by atoms with Crippen LogP contribution >= 0.6 is 0 Å². The summed E-state index contributed by atoms with van der Waals surface area (Å²) in [7, 11) is 0. The van der Waals surface area contributed by atoms with Gasteiger partial charge >= 0.3 is 0 Å². The quantitative estimate of drug-likeness (QED) is 0.600. The first-order valence-electron chi connectivity index (χ1n) is 5.68. The fourth-order valence-electron chi connectivity index (χ4n) is 1.22. The molecule has 16 heavy (non-hydrogen) atoms. The molecule has 1 aromatic heterocycles. The Bertz CT molecular complexity index is 419. The summed E-state index contributed by atoms with van der Waals surface area (Å²) >= 11 is 0. The van der Waals surface area contributed by atoms with Crippen molar-refractivity contribution in [3.05, 3.63) is 29.6 Å². The van der Waals surface area contributed by atoms with Crippen LogP contribution in [0.5, 0.6) is 0 Å². The average molecular weight is 215 g/mol. The molecule has 0 fully saturated rings. The van der Waals surface area contributed by atoms with Crippen molar-refractivity contribution in [2.45, 2.75) is 47.0 Å². The van der Waals surface area contributed by atoms with Crippen molar-refractivity contribution in [1.82, 2.24) is 4.98 Å². The van der Waals surface area contributed by atoms with E-state index >= 15 is 0 Å². The van der Waals surface area contributed by atoms with Gasteiger partial charge in [-0.05, 0) is 49.8 Å². The number of nitrogens with zero attached hydrogens (tertiary/aromatic N) is 1. The van der Waals surface area contributed by atoms with Gasteiger partial charge in [-0.25, -0.2) is 4.98 Å². The largest absolute Gasteiger partial charge is 0.248 e. The summed E-state index contributed by atoms with van der Waals surface area (Å²) in [6.45, 7) is 12.9. The van der Waals surface area contributed by atoms with Crippen LogP contribution in [0, 0.1) is 17.3 Å². The molecule has 0 bridgehead atoms. The zero-order chi connectivity index (χ0) is 12.4. The molecule has 0 spiro atoms. The van der Waals surface area contributed by atoms with Crippen molar-refractivity contribution >= 4 is 0 Å². The highest BCUT2D eigenvalue weighted by Gasteiger charge is 2.13. The maximum absolute atomic E-state index is 4.28. The van der Waals surface area contributed by atoms with Crippen molar-refractivity contribution < 1.29 is 0 Å². The average Bonchev–Trinajstić information content (AvgIpc) is 2.13. The van der Waals surface area contributed by atoms with Crippen molar-refractivity contribution in [2.24, 2.45) is 5.41 Å². The number of hydrogen-bond donors (Lipinski definition) is 0. The Kier molecular flexibility index (Phi) is 3.43. The molecule has 0 amide bonds. The van der Waals surface area contributed by atoms with Crippen molar-refractivity contribution in [2.75, 3.05) is 0 Å². The molecule has 0 saturated carbocycles. The SMILES string of the molecule is CC(C)(C)C#Cc1cc(C(C)(C)C)ccn1. The second kappa shape index (κ2) is 4.29. The van der Waals surface area contributed by atoms with Gasteiger partial charge in [0.25, 0.3) is 0 Å². The van der Waals surface area contributed by atoms with E-state index in [0.717, 1.165) is 5.69 Å². The molecule has 0 aliphatic heterocycles. The second-order valence-corrected chi connectivity index (χ2v) is 6.18. The van der Waals surface area contributed by atoms with E-state index in [1.165, 1.54) is 5.56 Å². The molecule has 0 aliphatic rings. The monoisotopic (exact) mass is 215 g/mol. The van der Waals surface area contributed by atoms with E-state index in [1.54, 1.807) is 0 Å². The van der Waals surface area contributed by atoms with Crippen molar-refractivity contribution in [1.29, 1.82) is 0 Å². The Balaban J connectivity index is 3.04. The first kappa shape index (κ1) is 12.8. The molecule has 0 atom stereocenters. The summed E-state index contributed by atoms with van der Waals surface area (Å²) in [5.41, 5.74) is 2.32. The Labute approximate surface area is 99.3 Å². The van der Waals surface area contributed by atoms with Crippen LogP contribution in [0.15, 0.2) is 18.3 Å². The van der Waals surface area contributed by atoms with Gasteiger partial charge in [0.05, 0.1) is 0 Å². The van der Waals surface area contributed by atoms with Crippen LogP contribution < -0.4 is 0 Å². The van der Waals surface area contributed by atoms with Gasteiger partial charge < -0.3 is 0 Å². The molecule has 1 nitrogen and oxygen atoms in total. The standard InChI is InChI=1S/C15H21N/c1-14(2,3)9-7-13-11-12(8-10-16-13)15(4,5)6/h8,10-11H,1-6H3. The fourth-order valence-corrected chi connectivity index (χ4v) is 1.22. The van der Waals surface area contributed by atoms with Gasteiger partial charge in [-0.2, -0.15) is 0 Å². The van der Waals surface area contributed by atoms with E-state index in [0.29, 0.717) is 0 Å². The van der Waals surface area contributed by atoms with Gasteiger partial charge in [-0.3, -0.25) is 0 Å². The first-order valence-corrected chi connectivity index (χ1v) is 5.68. The minimum atomic E-state index is 0.0272. The molecule has 1 rings (SSSR count). The topological polar surface area (TPSA) is 12.9 Å². The van der Waals surface area contributed by atoms with Gasteiger partial charge in [0, 0.05) is 11.6 Å². The Morgan fingerprint density at radius 1 is 1.06 bits per heavy atom. The van der Waals surface area contributed by atoms with E-state index in [-0.39, 0.29) is 10.8 Å². The second-order valence-electron chi connectivity index (χ2n) is 6.18. The molecular formula is C15H21N. The minimum absolute atomic E-state index is 0.0272. The van der Waals surface area contributed by atoms with Gasteiger partial charge in [0.2, 0.25) is 0 Å². The van der Waals surface area contributed by atoms with Crippen molar-refractivity contribution in [3.63, 3.8) is 0 Å². The highest BCUT2D eigenvalue weighted by molar-refractivity contribution is 5.34. The summed E-state index contributed by atoms with van der Waals surface area (Å²) in [5.74, 6) is 6.34. The molecule has 0 aromatic carbocycles. The lowest BCUT2D eigenvalue weighted by Gasteiger charge is -2.18. The summed E-state index contributed by atoms with van der Waals surface area (Å²) < 4.78 is 0. The van der Waals surface area contributed by atoms with Crippen LogP contribution in [0.2, 0.25) is 0 Å². The smallest absolute Gasteiger partial charge is 0.113 e. The van der Waals surface area contributed by atoms with Crippen LogP contribution in [0.3, 0.4) is 0 Å². The number of pyridine rings is 1. The predicted molar refractivity (Wildman–Crippen MR) is 69.3 cm³/mol. The van der Waals surface area contributed by atoms with Crippen LogP contribution in [-0.4, -0.2) is 4.98 Å². The maximum Gasteiger partial charge on any atom is 0.113 e. The molecule has 1 heterocycles. The summed E-state index contributed by atoms with van der Waals surface area (Å²) in [6.07, 6.45) is 1.84. The van der Waals surface area contributed by atoms with Gasteiger partial charge in [0.1, 0.15) is 5.69 Å². The van der Waals surface area contributed by atoms with Crippen LogP contribution in [0.25, 0.3) is 0 Å². The summed E-state index contributed by atoms with van der Waals surface area (Å²) in [4.78, 5) is 4.28. The molecule has 1 aromatic rings. The van der Waals surface area contributed by atoms with E-state index in [4.69, 9.17) is 0 Å². The van der Waals surface area contributed by atoms with E-state index < -0.39 is 0 Å². The normalized spacial score (nSPS) is 11.9. The number of aromatic nitrogens is 1. The molecule has 86 valence electrons. The molecular weight excluding hydrogens is 194 g/mol. The van der Waals surface area contributed by atoms with Crippen LogP contribution in [0.1, 0.15) is 52.8 Å². The molecule has 0 radical (unpaired) electrons. The molecule has 0 aliphatic carbocycles. The number of rotatable bonds is 0. The lowest BCUT2D eigenvalue weighted by molar-refractivity contribution is 0.571. The predicted octanol–water partition coefficient (Wildman–Crippen LogP) is 3.78. The Hall–Kier alpha value is -1.29. The Morgan fingerprint density at radius 3 is 2.19 bits per heavy atom. The summed E-state index contributed by atoms with van der Waals surface area (Å²) in [6, 6.07) is 4.14. The zero-order valence-electron chi connectivity index (χ0n) is 11.2. The Morgan fingerprint density at radius 2 is 1.69 bits per heavy atom. The minimum Gasteiger partial charge on any atom is -0.248 e. The number of hydrogen-bond acceptors (Lipinski definition) is 1. The molecule has 0 unspecified atom stereocenters. The lowest BCUT2D eigenvalue weighted by Crippen LogP contribution is -2.11. The van der Waals surface area contributed by atoms with Gasteiger partial charge in [-0.1, -0.05) is 26.7 Å². The highest BCUT2D eigenvalue weighted by Crippen LogP contribution is 2.21. The highest BCUT2D eigenvalue weighted by atomic mass is 14.7. The van der Waals surface area contributed by atoms with E-state index in [9.17, 15) is 0 Å². The summed E-state index contributed by atoms with van der Waals surface area (Å²) in [5, 5.41) is 0. The van der Waals surface area contributed by atoms with E-state index in [1.807, 2.05) is 6.20 Å².